The number of aromatic nitrogens is 2. The first-order chi connectivity index (χ1) is 17.2. The number of carbonyl (C=O) groups excluding carboxylic acids is 1. The van der Waals surface area contributed by atoms with Crippen molar-refractivity contribution in [3.8, 4) is 11.3 Å². The van der Waals surface area contributed by atoms with E-state index in [1.54, 1.807) is 29.3 Å². The number of anilines is 1. The minimum Gasteiger partial charge on any atom is -0.391 e. The Bertz CT molecular complexity index is 1380. The number of ether oxygens (including phenoxy) is 1. The molecule has 0 bridgehead atoms. The molecule has 2 aliphatic rings. The minimum atomic E-state index is -3.93. The van der Waals surface area contributed by atoms with Crippen LogP contribution in [0.1, 0.15) is 12.0 Å². The maximum Gasteiger partial charge on any atom is 0.243 e. The zero-order chi connectivity index (χ0) is 25.4. The smallest absolute Gasteiger partial charge is 0.243 e. The molecule has 5 rings (SSSR count). The summed E-state index contributed by atoms with van der Waals surface area (Å²) < 4.78 is 33.4. The molecule has 0 saturated carbocycles. The summed E-state index contributed by atoms with van der Waals surface area (Å²) in [5, 5.41) is 10.1. The Balaban J connectivity index is 1.50. The molecule has 0 radical (unpaired) electrons. The van der Waals surface area contributed by atoms with Crippen LogP contribution in [0.5, 0.6) is 0 Å². The van der Waals surface area contributed by atoms with E-state index in [0.717, 1.165) is 32.3 Å². The molecule has 2 N–H and O–H groups in total. The van der Waals surface area contributed by atoms with E-state index in [4.69, 9.17) is 4.74 Å². The van der Waals surface area contributed by atoms with Crippen LogP contribution in [0.2, 0.25) is 0 Å². The molecule has 0 spiro atoms. The summed E-state index contributed by atoms with van der Waals surface area (Å²) in [5.74, 6) is -0.246. The van der Waals surface area contributed by atoms with E-state index in [1.165, 1.54) is 7.05 Å². The number of nitrogens with one attached hydrogen (secondary N) is 1. The molecule has 36 heavy (non-hydrogen) atoms. The van der Waals surface area contributed by atoms with Gasteiger partial charge in [-0.3, -0.25) is 9.78 Å². The molecular formula is C25H31N5O5S. The van der Waals surface area contributed by atoms with Crippen LogP contribution < -0.4 is 4.90 Å². The molecule has 1 atom stereocenters. The molecule has 2 aliphatic heterocycles. The second-order valence-electron chi connectivity index (χ2n) is 9.45. The number of H-pyrrole nitrogens is 1. The predicted molar refractivity (Wildman–Crippen MR) is 136 cm³/mol. The lowest BCUT2D eigenvalue weighted by molar-refractivity contribution is -0.135. The Morgan fingerprint density at radius 3 is 2.72 bits per heavy atom. The van der Waals surface area contributed by atoms with Crippen LogP contribution in [-0.2, 0) is 19.6 Å². The number of β-amino-alcohol motifs (C(OH)–C–C–N with tert-alkyl or cyclic N) is 1. The fraction of sp³-hybridized carbons (Fsp3) is 0.440. The van der Waals surface area contributed by atoms with Gasteiger partial charge in [0.05, 0.1) is 47.5 Å². The molecule has 3 aromatic rings. The van der Waals surface area contributed by atoms with Crippen LogP contribution in [-0.4, -0.2) is 97.7 Å². The van der Waals surface area contributed by atoms with Crippen molar-refractivity contribution in [2.75, 3.05) is 57.9 Å². The van der Waals surface area contributed by atoms with Crippen LogP contribution in [0, 0.1) is 6.92 Å². The highest BCUT2D eigenvalue weighted by Crippen LogP contribution is 2.36. The quantitative estimate of drug-likeness (QED) is 0.514. The summed E-state index contributed by atoms with van der Waals surface area (Å²) in [6, 6.07) is 8.89. The van der Waals surface area contributed by atoms with Crippen molar-refractivity contribution in [2.45, 2.75) is 24.3 Å². The first-order valence-electron chi connectivity index (χ1n) is 12.1. The maximum atomic E-state index is 13.5. The van der Waals surface area contributed by atoms with Gasteiger partial charge < -0.3 is 24.6 Å². The van der Waals surface area contributed by atoms with Crippen LogP contribution >= 0.6 is 0 Å². The predicted octanol–water partition coefficient (Wildman–Crippen LogP) is 1.59. The summed E-state index contributed by atoms with van der Waals surface area (Å²) in [6.45, 7) is 4.70. The van der Waals surface area contributed by atoms with Crippen LogP contribution in [0.3, 0.4) is 0 Å². The third-order valence-corrected chi connectivity index (χ3v) is 8.60. The van der Waals surface area contributed by atoms with E-state index in [-0.39, 0.29) is 17.3 Å². The summed E-state index contributed by atoms with van der Waals surface area (Å²) in [6.07, 6.45) is 2.02. The van der Waals surface area contributed by atoms with E-state index >= 15 is 0 Å². The lowest BCUT2D eigenvalue weighted by Crippen LogP contribution is -2.46. The third kappa shape index (κ3) is 4.83. The van der Waals surface area contributed by atoms with Crippen molar-refractivity contribution in [1.29, 1.82) is 0 Å². The van der Waals surface area contributed by atoms with Gasteiger partial charge in [0.1, 0.15) is 0 Å². The van der Waals surface area contributed by atoms with Gasteiger partial charge in [-0.1, -0.05) is 0 Å². The number of pyridine rings is 1. The van der Waals surface area contributed by atoms with Crippen LogP contribution in [0.4, 0.5) is 5.69 Å². The molecule has 11 heteroatoms. The van der Waals surface area contributed by atoms with Gasteiger partial charge in [-0.15, -0.1) is 0 Å². The number of nitrogens with zero attached hydrogens (tertiary/aromatic N) is 4. The summed E-state index contributed by atoms with van der Waals surface area (Å²) >= 11 is 0. The SMILES string of the molecule is Cc1cnc2cc(-c3cc(S(=O)(=O)N(C)CC(=O)N4CCOCC4)ccc3N3CC[C@@H](O)C3)[nH]c2c1. The summed E-state index contributed by atoms with van der Waals surface area (Å²) in [7, 11) is -2.51. The zero-order valence-corrected chi connectivity index (χ0v) is 21.3. The number of carbonyl (C=O) groups is 1. The number of rotatable bonds is 6. The highest BCUT2D eigenvalue weighted by atomic mass is 32.2. The number of fused-ring (bicyclic) bond motifs is 1. The molecule has 1 amide bonds. The largest absolute Gasteiger partial charge is 0.391 e. The number of sulfonamides is 1. The van der Waals surface area contributed by atoms with Gasteiger partial charge in [-0.25, -0.2) is 8.42 Å². The van der Waals surface area contributed by atoms with Crippen molar-refractivity contribution in [2.24, 2.45) is 0 Å². The molecule has 2 fully saturated rings. The van der Waals surface area contributed by atoms with Crippen molar-refractivity contribution >= 4 is 32.7 Å². The van der Waals surface area contributed by atoms with Gasteiger partial charge in [0, 0.05) is 50.7 Å². The molecule has 4 heterocycles. The fourth-order valence-corrected chi connectivity index (χ4v) is 5.90. The first kappa shape index (κ1) is 24.7. The van der Waals surface area contributed by atoms with E-state index in [0.29, 0.717) is 51.4 Å². The average Bonchev–Trinajstić information content (AvgIpc) is 3.49. The van der Waals surface area contributed by atoms with E-state index < -0.39 is 16.1 Å². The van der Waals surface area contributed by atoms with E-state index in [9.17, 15) is 18.3 Å². The Morgan fingerprint density at radius 1 is 1.22 bits per heavy atom. The maximum absolute atomic E-state index is 13.5. The van der Waals surface area contributed by atoms with Gasteiger partial charge in [0.25, 0.3) is 0 Å². The number of benzene rings is 1. The number of likely N-dealkylation sites (N-methyl/N-ethyl adjacent to an activating group) is 1. The highest BCUT2D eigenvalue weighted by molar-refractivity contribution is 7.89. The van der Waals surface area contributed by atoms with E-state index in [1.807, 2.05) is 19.1 Å². The standard InChI is InChI=1S/C25H31N5O5S/c1-17-11-23-22(26-14-17)13-21(27-23)20-12-19(3-4-24(20)30-6-5-18(31)15-30)36(33,34)28(2)16-25(32)29-7-9-35-10-8-29/h3-4,11-14,18,27,31H,5-10,15-16H2,1-2H3/t18-/m1/s1. The number of aliphatic hydroxyl groups is 1. The number of aryl methyl sites for hydroxylation is 1. The lowest BCUT2D eigenvalue weighted by atomic mass is 10.1. The minimum absolute atomic E-state index is 0.0982. The lowest BCUT2D eigenvalue weighted by Gasteiger charge is -2.28. The molecule has 2 aromatic heterocycles. The topological polar surface area (TPSA) is 119 Å². The van der Waals surface area contributed by atoms with Crippen molar-refractivity contribution in [3.05, 3.63) is 42.1 Å². The van der Waals surface area contributed by atoms with Crippen molar-refractivity contribution < 1.29 is 23.1 Å². The molecular weight excluding hydrogens is 482 g/mol. The molecule has 10 nitrogen and oxygen atoms in total. The van der Waals surface area contributed by atoms with Crippen LogP contribution in [0.25, 0.3) is 22.3 Å². The second kappa shape index (κ2) is 9.81. The third-order valence-electron chi connectivity index (χ3n) is 6.80. The number of hydrogen-bond donors (Lipinski definition) is 2. The molecule has 1 aromatic carbocycles. The van der Waals surface area contributed by atoms with Gasteiger partial charge in [0.2, 0.25) is 15.9 Å². The van der Waals surface area contributed by atoms with Gasteiger partial charge in [-0.05, 0) is 49.2 Å². The van der Waals surface area contributed by atoms with Gasteiger partial charge >= 0.3 is 0 Å². The Morgan fingerprint density at radius 2 is 2.00 bits per heavy atom. The van der Waals surface area contributed by atoms with Crippen LogP contribution in [0.15, 0.2) is 41.4 Å². The Hall–Kier alpha value is -2.99. The summed E-state index contributed by atoms with van der Waals surface area (Å²) in [5.41, 5.74) is 4.93. The van der Waals surface area contributed by atoms with Crippen molar-refractivity contribution in [1.82, 2.24) is 19.2 Å². The van der Waals surface area contributed by atoms with E-state index in [2.05, 4.69) is 14.9 Å². The molecule has 0 unspecified atom stereocenters. The Kier molecular flexibility index (Phi) is 6.73. The Labute approximate surface area is 210 Å². The fourth-order valence-electron chi connectivity index (χ4n) is 4.75. The molecule has 2 saturated heterocycles. The zero-order valence-electron chi connectivity index (χ0n) is 20.5. The summed E-state index contributed by atoms with van der Waals surface area (Å²) in [4.78, 5) is 24.3. The number of morpholine rings is 1. The number of hydrogen-bond acceptors (Lipinski definition) is 7. The first-order valence-corrected chi connectivity index (χ1v) is 13.5. The second-order valence-corrected chi connectivity index (χ2v) is 11.5. The number of amides is 1. The van der Waals surface area contributed by atoms with Gasteiger partial charge in [-0.2, -0.15) is 4.31 Å². The average molecular weight is 514 g/mol. The normalized spacial score (nSPS) is 18.9. The highest BCUT2D eigenvalue weighted by Gasteiger charge is 2.29. The number of aromatic amines is 1. The van der Waals surface area contributed by atoms with Crippen molar-refractivity contribution in [3.63, 3.8) is 0 Å². The molecule has 0 aliphatic carbocycles. The molecule has 192 valence electrons. The monoisotopic (exact) mass is 513 g/mol. The number of aliphatic hydroxyl groups excluding tert-OH is 1. The van der Waals surface area contributed by atoms with Gasteiger partial charge in [0.15, 0.2) is 0 Å².